The molecule has 1 amide bonds. The Hall–Kier alpha value is -3.91. The Labute approximate surface area is 156 Å². The second kappa shape index (κ2) is 8.45. The maximum atomic E-state index is 12.1. The molecule has 3 rings (SSSR count). The first-order valence-corrected chi connectivity index (χ1v) is 8.28. The predicted molar refractivity (Wildman–Crippen MR) is 102 cm³/mol. The molecule has 0 aromatic heterocycles. The summed E-state index contributed by atoms with van der Waals surface area (Å²) in [5.41, 5.74) is 3.32. The summed E-state index contributed by atoms with van der Waals surface area (Å²) in [6.07, 6.45) is 0. The number of benzene rings is 3. The van der Waals surface area contributed by atoms with Gasteiger partial charge in [-0.3, -0.25) is 4.79 Å². The van der Waals surface area contributed by atoms with E-state index in [0.29, 0.717) is 16.8 Å². The topological polar surface area (TPSA) is 79.2 Å². The van der Waals surface area contributed by atoms with Gasteiger partial charge in [0, 0.05) is 5.69 Å². The Balaban J connectivity index is 1.56. The van der Waals surface area contributed by atoms with Gasteiger partial charge in [0.25, 0.3) is 5.91 Å². The summed E-state index contributed by atoms with van der Waals surface area (Å²) in [7, 11) is 0. The van der Waals surface area contributed by atoms with Gasteiger partial charge in [0.1, 0.15) is 0 Å². The van der Waals surface area contributed by atoms with Gasteiger partial charge in [0.2, 0.25) is 0 Å². The number of hydrogen-bond donors (Lipinski definition) is 1. The summed E-state index contributed by atoms with van der Waals surface area (Å²) in [4.78, 5) is 24.0. The van der Waals surface area contributed by atoms with Crippen molar-refractivity contribution in [3.63, 3.8) is 0 Å². The number of carbonyl (C=O) groups excluding carboxylic acids is 2. The van der Waals surface area contributed by atoms with Crippen LogP contribution in [0.4, 0.5) is 5.69 Å². The number of ether oxygens (including phenoxy) is 1. The summed E-state index contributed by atoms with van der Waals surface area (Å²) >= 11 is 0. The van der Waals surface area contributed by atoms with Crippen molar-refractivity contribution in [2.24, 2.45) is 0 Å². The molecule has 3 aromatic carbocycles. The molecule has 0 atom stereocenters. The van der Waals surface area contributed by atoms with Crippen LogP contribution in [0, 0.1) is 11.3 Å². The van der Waals surface area contributed by atoms with Crippen molar-refractivity contribution in [1.82, 2.24) is 0 Å². The molecule has 0 radical (unpaired) electrons. The first kappa shape index (κ1) is 17.9. The molecule has 3 aromatic rings. The third kappa shape index (κ3) is 4.80. The zero-order valence-electron chi connectivity index (χ0n) is 14.4. The third-order valence-corrected chi connectivity index (χ3v) is 3.84. The molecule has 0 bridgehead atoms. The summed E-state index contributed by atoms with van der Waals surface area (Å²) in [5, 5.41) is 11.4. The van der Waals surface area contributed by atoms with Crippen LogP contribution in [0.1, 0.15) is 15.9 Å². The zero-order valence-corrected chi connectivity index (χ0v) is 14.4. The molecule has 0 heterocycles. The standard InChI is InChI=1S/C22H16N2O3/c23-14-16-5-4-8-20(13-16)24-21(25)15-27-22(26)19-11-9-18(10-12-19)17-6-2-1-3-7-17/h1-13H,15H2,(H,24,25). The van der Waals surface area contributed by atoms with Crippen LogP contribution in [0.15, 0.2) is 78.9 Å². The molecule has 0 aliphatic heterocycles. The van der Waals surface area contributed by atoms with Gasteiger partial charge in [0.15, 0.2) is 6.61 Å². The van der Waals surface area contributed by atoms with Gasteiger partial charge in [-0.1, -0.05) is 48.5 Å². The van der Waals surface area contributed by atoms with E-state index in [1.54, 1.807) is 36.4 Å². The summed E-state index contributed by atoms with van der Waals surface area (Å²) < 4.78 is 5.05. The van der Waals surface area contributed by atoms with Crippen LogP contribution in [0.5, 0.6) is 0 Å². The van der Waals surface area contributed by atoms with Crippen LogP contribution in [0.25, 0.3) is 11.1 Å². The lowest BCUT2D eigenvalue weighted by Crippen LogP contribution is -2.20. The fourth-order valence-electron chi connectivity index (χ4n) is 2.51. The van der Waals surface area contributed by atoms with Gasteiger partial charge in [-0.25, -0.2) is 4.79 Å². The van der Waals surface area contributed by atoms with Crippen LogP contribution in [-0.2, 0) is 9.53 Å². The molecule has 0 saturated heterocycles. The van der Waals surface area contributed by atoms with Gasteiger partial charge in [-0.2, -0.15) is 5.26 Å². The lowest BCUT2D eigenvalue weighted by atomic mass is 10.0. The molecular formula is C22H16N2O3. The largest absolute Gasteiger partial charge is 0.452 e. The second-order valence-corrected chi connectivity index (χ2v) is 5.76. The van der Waals surface area contributed by atoms with Crippen LogP contribution in [0.2, 0.25) is 0 Å². The normalized spacial score (nSPS) is 9.89. The van der Waals surface area contributed by atoms with Crippen molar-refractivity contribution < 1.29 is 14.3 Å². The van der Waals surface area contributed by atoms with Crippen LogP contribution >= 0.6 is 0 Å². The number of carbonyl (C=O) groups is 2. The average molecular weight is 356 g/mol. The van der Waals surface area contributed by atoms with Crippen LogP contribution in [-0.4, -0.2) is 18.5 Å². The minimum absolute atomic E-state index is 0.369. The first-order chi connectivity index (χ1) is 13.2. The van der Waals surface area contributed by atoms with E-state index in [0.717, 1.165) is 11.1 Å². The highest BCUT2D eigenvalue weighted by Gasteiger charge is 2.11. The number of amides is 1. The quantitative estimate of drug-likeness (QED) is 0.700. The molecule has 27 heavy (non-hydrogen) atoms. The molecule has 132 valence electrons. The highest BCUT2D eigenvalue weighted by atomic mass is 16.5. The van der Waals surface area contributed by atoms with Gasteiger partial charge < -0.3 is 10.1 Å². The van der Waals surface area contributed by atoms with E-state index in [1.165, 1.54) is 0 Å². The molecule has 0 aliphatic rings. The number of anilines is 1. The molecule has 0 unspecified atom stereocenters. The smallest absolute Gasteiger partial charge is 0.338 e. The van der Waals surface area contributed by atoms with E-state index < -0.39 is 18.5 Å². The Morgan fingerprint density at radius 1 is 0.889 bits per heavy atom. The van der Waals surface area contributed by atoms with E-state index >= 15 is 0 Å². The van der Waals surface area contributed by atoms with Crippen molar-refractivity contribution in [1.29, 1.82) is 5.26 Å². The third-order valence-electron chi connectivity index (χ3n) is 3.84. The lowest BCUT2D eigenvalue weighted by Gasteiger charge is -2.07. The van der Waals surface area contributed by atoms with Crippen molar-refractivity contribution in [2.45, 2.75) is 0 Å². The lowest BCUT2D eigenvalue weighted by molar-refractivity contribution is -0.119. The first-order valence-electron chi connectivity index (χ1n) is 8.28. The minimum atomic E-state index is -0.574. The van der Waals surface area contributed by atoms with E-state index in [-0.39, 0.29) is 0 Å². The fraction of sp³-hybridized carbons (Fsp3) is 0.0455. The summed E-state index contributed by atoms with van der Waals surface area (Å²) in [6.45, 7) is -0.407. The molecule has 1 N–H and O–H groups in total. The predicted octanol–water partition coefficient (Wildman–Crippen LogP) is 4.02. The molecule has 5 nitrogen and oxygen atoms in total. The average Bonchev–Trinajstić information content (AvgIpc) is 2.73. The zero-order chi connectivity index (χ0) is 19.1. The Morgan fingerprint density at radius 2 is 1.59 bits per heavy atom. The molecular weight excluding hydrogens is 340 g/mol. The monoisotopic (exact) mass is 356 g/mol. The van der Waals surface area contributed by atoms with Crippen molar-refractivity contribution in [3.05, 3.63) is 90.0 Å². The van der Waals surface area contributed by atoms with Crippen molar-refractivity contribution in [3.8, 4) is 17.2 Å². The van der Waals surface area contributed by atoms with Crippen molar-refractivity contribution >= 4 is 17.6 Å². The van der Waals surface area contributed by atoms with Crippen molar-refractivity contribution in [2.75, 3.05) is 11.9 Å². The highest BCUT2D eigenvalue weighted by Crippen LogP contribution is 2.19. The number of nitrogens with zero attached hydrogens (tertiary/aromatic N) is 1. The maximum absolute atomic E-state index is 12.1. The Bertz CT molecular complexity index is 990. The Kier molecular flexibility index (Phi) is 5.60. The SMILES string of the molecule is N#Cc1cccc(NC(=O)COC(=O)c2ccc(-c3ccccc3)cc2)c1. The summed E-state index contributed by atoms with van der Waals surface area (Å²) in [5.74, 6) is -1.05. The molecule has 0 aliphatic carbocycles. The molecule has 0 saturated carbocycles. The van der Waals surface area contributed by atoms with Crippen LogP contribution in [0.3, 0.4) is 0 Å². The number of nitrogens with one attached hydrogen (secondary N) is 1. The highest BCUT2D eigenvalue weighted by molar-refractivity contribution is 5.95. The molecule has 0 fully saturated rings. The number of nitriles is 1. The molecule has 0 spiro atoms. The molecule has 5 heteroatoms. The van der Waals surface area contributed by atoms with E-state index in [4.69, 9.17) is 10.00 Å². The van der Waals surface area contributed by atoms with Gasteiger partial charge in [-0.05, 0) is 41.5 Å². The van der Waals surface area contributed by atoms with Gasteiger partial charge >= 0.3 is 5.97 Å². The summed E-state index contributed by atoms with van der Waals surface area (Å²) in [6, 6.07) is 25.3. The van der Waals surface area contributed by atoms with E-state index in [1.807, 2.05) is 48.5 Å². The van der Waals surface area contributed by atoms with Gasteiger partial charge in [-0.15, -0.1) is 0 Å². The van der Waals surface area contributed by atoms with E-state index in [2.05, 4.69) is 5.32 Å². The fourth-order valence-corrected chi connectivity index (χ4v) is 2.51. The number of esters is 1. The minimum Gasteiger partial charge on any atom is -0.452 e. The van der Waals surface area contributed by atoms with E-state index in [9.17, 15) is 9.59 Å². The van der Waals surface area contributed by atoms with Gasteiger partial charge in [0.05, 0.1) is 17.2 Å². The van der Waals surface area contributed by atoms with Crippen LogP contribution < -0.4 is 5.32 Å². The number of hydrogen-bond acceptors (Lipinski definition) is 4. The Morgan fingerprint density at radius 3 is 2.30 bits per heavy atom. The maximum Gasteiger partial charge on any atom is 0.338 e. The second-order valence-electron chi connectivity index (χ2n) is 5.76. The number of rotatable bonds is 5.